The molecular weight excluding hydrogens is 577 g/mol. The van der Waals surface area contributed by atoms with Gasteiger partial charge in [0, 0.05) is 13.2 Å². The van der Waals surface area contributed by atoms with Crippen LogP contribution in [0.25, 0.3) is 0 Å². The summed E-state index contributed by atoms with van der Waals surface area (Å²) in [7, 11) is -12.4. The van der Waals surface area contributed by atoms with Crippen molar-refractivity contribution in [1.29, 1.82) is 0 Å². The first kappa shape index (κ1) is 31.6. The average Bonchev–Trinajstić information content (AvgIpc) is 2.66. The molecule has 0 bridgehead atoms. The van der Waals surface area contributed by atoms with Gasteiger partial charge in [-0.05, 0) is 77.3 Å². The van der Waals surface area contributed by atoms with Crippen LogP contribution < -0.4 is 0 Å². The maximum absolute atomic E-state index is 6.24. The van der Waals surface area contributed by atoms with Gasteiger partial charge in [0.25, 0.3) is 0 Å². The molecule has 2 rings (SSSR count). The van der Waals surface area contributed by atoms with E-state index in [2.05, 4.69) is 13.1 Å². The highest BCUT2D eigenvalue weighted by Gasteiger charge is 2.41. The Bertz CT molecular complexity index is 508. The SMILES string of the molecule is C[Si]1O[Si](C)O[Si](C)(CCCOCCOCCC[Si]2(C)O[Si](C)O[Si](C)O[Si](C)O2)O[Si](C)O1. The Balaban J connectivity index is 1.54. The van der Waals surface area contributed by atoms with E-state index in [0.717, 1.165) is 24.9 Å². The van der Waals surface area contributed by atoms with Crippen molar-refractivity contribution in [1.82, 2.24) is 0 Å². The first-order valence-corrected chi connectivity index (χ1v) is 27.6. The zero-order chi connectivity index (χ0) is 25.2. The Kier molecular flexibility index (Phi) is 14.5. The van der Waals surface area contributed by atoms with Crippen LogP contribution in [0.1, 0.15) is 12.8 Å². The molecule has 0 unspecified atom stereocenters. The smallest absolute Gasteiger partial charge is 0.362 e. The Morgan fingerprint density at radius 3 is 1.06 bits per heavy atom. The van der Waals surface area contributed by atoms with Crippen LogP contribution >= 0.6 is 0 Å². The summed E-state index contributed by atoms with van der Waals surface area (Å²) in [5, 5.41) is 0. The predicted molar refractivity (Wildman–Crippen MR) is 142 cm³/mol. The van der Waals surface area contributed by atoms with Crippen molar-refractivity contribution in [3.8, 4) is 0 Å². The number of hydrogen-bond donors (Lipinski definition) is 0. The van der Waals surface area contributed by atoms with Crippen LogP contribution in [-0.2, 0) is 42.4 Å². The fraction of sp³-hybridized carbons (Fsp3) is 1.00. The van der Waals surface area contributed by atoms with Crippen LogP contribution in [0.2, 0.25) is 64.5 Å². The van der Waals surface area contributed by atoms with Crippen LogP contribution in [0.4, 0.5) is 0 Å². The Labute approximate surface area is 218 Å². The summed E-state index contributed by atoms with van der Waals surface area (Å²) in [6.07, 6.45) is 1.78. The topological polar surface area (TPSA) is 92.3 Å². The van der Waals surface area contributed by atoms with Gasteiger partial charge in [-0.1, -0.05) is 0 Å². The second kappa shape index (κ2) is 15.7. The quantitative estimate of drug-likeness (QED) is 0.255. The third-order valence-corrected chi connectivity index (χ3v) is 28.0. The molecule has 0 spiro atoms. The standard InChI is InChI=1S/C16H40O10Si8/c1-27-19-29(3)23-33(7,24-30(4)20-27)15-9-11-17-13-14-18-12-10-16-34(8)25-31(5)21-28(2)22-32(6)26-34/h9-16H2,1-8H3. The largest absolute Gasteiger partial charge is 0.415 e. The summed E-state index contributed by atoms with van der Waals surface area (Å²) in [6, 6.07) is 1.74. The summed E-state index contributed by atoms with van der Waals surface area (Å²) in [4.78, 5) is 0. The molecule has 0 aliphatic carbocycles. The number of ether oxygens (including phenoxy) is 2. The summed E-state index contributed by atoms with van der Waals surface area (Å²) < 4.78 is 60.1. The third kappa shape index (κ3) is 12.7. The van der Waals surface area contributed by atoms with Crippen molar-refractivity contribution < 1.29 is 42.4 Å². The summed E-state index contributed by atoms with van der Waals surface area (Å²) in [5.74, 6) is 0. The highest BCUT2D eigenvalue weighted by molar-refractivity contribution is 6.81. The van der Waals surface area contributed by atoms with E-state index < -0.39 is 72.8 Å². The van der Waals surface area contributed by atoms with Gasteiger partial charge in [-0.25, -0.2) is 0 Å². The second-order valence-electron chi connectivity index (χ2n) is 8.47. The van der Waals surface area contributed by atoms with E-state index >= 15 is 0 Å². The number of hydrogen-bond acceptors (Lipinski definition) is 10. The minimum absolute atomic E-state index is 0.578. The van der Waals surface area contributed by atoms with Gasteiger partial charge in [-0.3, -0.25) is 0 Å². The molecule has 2 saturated heterocycles. The fourth-order valence-corrected chi connectivity index (χ4v) is 27.5. The Hall–Kier alpha value is 1.34. The minimum Gasteiger partial charge on any atom is -0.415 e. The Morgan fingerprint density at radius 2 is 0.765 bits per heavy atom. The normalized spacial score (nSPS) is 25.1. The van der Waals surface area contributed by atoms with Crippen molar-refractivity contribution in [3.63, 3.8) is 0 Å². The lowest BCUT2D eigenvalue weighted by atomic mass is 10.5. The van der Waals surface area contributed by atoms with E-state index in [-0.39, 0.29) is 0 Å². The van der Waals surface area contributed by atoms with Gasteiger partial charge in [0.05, 0.1) is 13.2 Å². The van der Waals surface area contributed by atoms with Crippen LogP contribution in [-0.4, -0.2) is 99.3 Å². The van der Waals surface area contributed by atoms with Gasteiger partial charge in [-0.15, -0.1) is 0 Å². The van der Waals surface area contributed by atoms with Crippen molar-refractivity contribution in [3.05, 3.63) is 0 Å². The molecule has 0 saturated carbocycles. The molecule has 2 heterocycles. The van der Waals surface area contributed by atoms with Crippen molar-refractivity contribution in [2.24, 2.45) is 0 Å². The van der Waals surface area contributed by atoms with Crippen molar-refractivity contribution in [2.75, 3.05) is 26.4 Å². The van der Waals surface area contributed by atoms with Crippen molar-refractivity contribution >= 4 is 72.8 Å². The van der Waals surface area contributed by atoms with Gasteiger partial charge in [0.2, 0.25) is 0 Å². The van der Waals surface area contributed by atoms with Gasteiger partial charge >= 0.3 is 72.8 Å². The second-order valence-corrected chi connectivity index (χ2v) is 26.4. The van der Waals surface area contributed by atoms with E-state index in [0.29, 0.717) is 26.4 Å². The highest BCUT2D eigenvalue weighted by Crippen LogP contribution is 2.23. The lowest BCUT2D eigenvalue weighted by Gasteiger charge is -2.35. The molecule has 0 aromatic rings. The van der Waals surface area contributed by atoms with E-state index in [9.17, 15) is 0 Å². The molecule has 2 aliphatic rings. The zero-order valence-corrected chi connectivity index (χ0v) is 29.7. The average molecular weight is 617 g/mol. The molecule has 0 aromatic heterocycles. The van der Waals surface area contributed by atoms with Crippen LogP contribution in [0, 0.1) is 0 Å². The summed E-state index contributed by atoms with van der Waals surface area (Å²) in [6.45, 7) is 18.8. The first-order valence-electron chi connectivity index (χ1n) is 11.6. The monoisotopic (exact) mass is 616 g/mol. The summed E-state index contributed by atoms with van der Waals surface area (Å²) >= 11 is 0. The summed E-state index contributed by atoms with van der Waals surface area (Å²) in [5.41, 5.74) is 0. The minimum atomic E-state index is -2.29. The Morgan fingerprint density at radius 1 is 0.471 bits per heavy atom. The lowest BCUT2D eigenvalue weighted by Crippen LogP contribution is -2.53. The van der Waals surface area contributed by atoms with E-state index in [1.807, 2.05) is 39.3 Å². The molecule has 34 heavy (non-hydrogen) atoms. The van der Waals surface area contributed by atoms with E-state index in [1.54, 1.807) is 0 Å². The predicted octanol–water partition coefficient (Wildman–Crippen LogP) is 2.81. The molecule has 18 heteroatoms. The molecule has 0 N–H and O–H groups in total. The van der Waals surface area contributed by atoms with Crippen molar-refractivity contribution in [2.45, 2.75) is 77.3 Å². The van der Waals surface area contributed by atoms with E-state index in [1.165, 1.54) is 0 Å². The molecule has 0 amide bonds. The maximum atomic E-state index is 6.24. The molecule has 0 aromatic carbocycles. The first-order chi connectivity index (χ1) is 16.0. The molecule has 6 radical (unpaired) electrons. The van der Waals surface area contributed by atoms with Crippen LogP contribution in [0.3, 0.4) is 0 Å². The highest BCUT2D eigenvalue weighted by atomic mass is 28.5. The van der Waals surface area contributed by atoms with Gasteiger partial charge in [0.1, 0.15) is 0 Å². The van der Waals surface area contributed by atoms with E-state index in [4.69, 9.17) is 42.4 Å². The van der Waals surface area contributed by atoms with Gasteiger partial charge < -0.3 is 42.4 Å². The third-order valence-electron chi connectivity index (χ3n) is 4.80. The number of rotatable bonds is 11. The lowest BCUT2D eigenvalue weighted by molar-refractivity contribution is 0.0473. The van der Waals surface area contributed by atoms with Crippen LogP contribution in [0.15, 0.2) is 0 Å². The van der Waals surface area contributed by atoms with Crippen LogP contribution in [0.5, 0.6) is 0 Å². The molecule has 196 valence electrons. The zero-order valence-electron chi connectivity index (χ0n) is 21.7. The van der Waals surface area contributed by atoms with Gasteiger partial charge in [0.15, 0.2) is 0 Å². The van der Waals surface area contributed by atoms with Gasteiger partial charge in [-0.2, -0.15) is 0 Å². The fourth-order valence-electron chi connectivity index (χ4n) is 3.71. The molecule has 0 atom stereocenters. The molecule has 10 nitrogen and oxygen atoms in total. The molecular formula is C16H40O10Si8. The molecule has 2 fully saturated rings. The molecule has 2 aliphatic heterocycles. The maximum Gasteiger partial charge on any atom is 0.362 e.